The molecule has 0 amide bonds. The Morgan fingerprint density at radius 3 is 2.82 bits per heavy atom. The minimum atomic E-state index is 1.20. The fourth-order valence-electron chi connectivity index (χ4n) is 1.41. The Hall–Kier alpha value is -0.530. The van der Waals surface area contributed by atoms with Crippen LogP contribution < -0.4 is 0 Å². The molecule has 0 bridgehead atoms. The second kappa shape index (κ2) is 4.37. The van der Waals surface area contributed by atoms with Crippen LogP contribution in [0.5, 0.6) is 0 Å². The predicted octanol–water partition coefficient (Wildman–Crippen LogP) is 1.16. The van der Waals surface area contributed by atoms with Gasteiger partial charge in [-0.3, -0.25) is 9.48 Å². The molecule has 2 nitrogen and oxygen atoms in total. The summed E-state index contributed by atoms with van der Waals surface area (Å²) in [4.78, 5) is 2.26. The lowest BCUT2D eigenvalue weighted by molar-refractivity contribution is -0.514. The Bertz CT molecular complexity index is 140. The van der Waals surface area contributed by atoms with E-state index in [1.54, 1.807) is 0 Å². The lowest BCUT2D eigenvalue weighted by Gasteiger charge is -1.97. The van der Waals surface area contributed by atoms with Crippen LogP contribution in [0.25, 0.3) is 0 Å². The van der Waals surface area contributed by atoms with Gasteiger partial charge in [-0.2, -0.15) is 0 Å². The quantitative estimate of drug-likeness (QED) is 0.436. The average molecular weight is 155 g/mol. The third-order valence-electron chi connectivity index (χ3n) is 2.15. The van der Waals surface area contributed by atoms with Crippen LogP contribution in [0, 0.1) is 0 Å². The highest BCUT2D eigenvalue weighted by molar-refractivity contribution is 5.49. The van der Waals surface area contributed by atoms with Gasteiger partial charge in [0.15, 0.2) is 0 Å². The van der Waals surface area contributed by atoms with E-state index in [0.717, 1.165) is 0 Å². The van der Waals surface area contributed by atoms with Crippen LogP contribution in [-0.4, -0.2) is 42.5 Å². The summed E-state index contributed by atoms with van der Waals surface area (Å²) in [5, 5.41) is 0. The molecule has 0 aromatic rings. The topological polar surface area (TPSA) is 6.25 Å². The molecule has 0 aliphatic carbocycles. The van der Waals surface area contributed by atoms with Crippen LogP contribution in [0.3, 0.4) is 0 Å². The van der Waals surface area contributed by atoms with Crippen LogP contribution in [0.2, 0.25) is 0 Å². The molecule has 0 aromatic carbocycles. The Morgan fingerprint density at radius 2 is 2.27 bits per heavy atom. The molecule has 1 rings (SSSR count). The van der Waals surface area contributed by atoms with E-state index in [9.17, 15) is 0 Å². The molecular formula is C9H19N2+. The van der Waals surface area contributed by atoms with Gasteiger partial charge >= 0.3 is 0 Å². The molecule has 0 saturated heterocycles. The third-order valence-corrected chi connectivity index (χ3v) is 2.15. The summed E-state index contributed by atoms with van der Waals surface area (Å²) in [6.07, 6.45) is 6.27. The molecule has 1 aliphatic heterocycles. The Morgan fingerprint density at radius 1 is 1.45 bits per heavy atom. The van der Waals surface area contributed by atoms with Crippen LogP contribution >= 0.6 is 0 Å². The summed E-state index contributed by atoms with van der Waals surface area (Å²) in [5.41, 5.74) is 0. The van der Waals surface area contributed by atoms with Crippen LogP contribution in [0.4, 0.5) is 0 Å². The van der Waals surface area contributed by atoms with Gasteiger partial charge in [-0.05, 0) is 12.8 Å². The molecule has 0 spiro atoms. The lowest BCUT2D eigenvalue weighted by atomic mass is 10.2. The van der Waals surface area contributed by atoms with E-state index in [0.29, 0.717) is 0 Å². The molecule has 11 heavy (non-hydrogen) atoms. The second-order valence-corrected chi connectivity index (χ2v) is 3.34. The van der Waals surface area contributed by atoms with E-state index in [1.807, 2.05) is 0 Å². The molecule has 1 aliphatic rings. The van der Waals surface area contributed by atoms with E-state index in [-0.39, 0.29) is 0 Å². The number of nitrogens with zero attached hydrogens (tertiary/aromatic N) is 2. The van der Waals surface area contributed by atoms with Gasteiger partial charge in [-0.25, -0.2) is 0 Å². The summed E-state index contributed by atoms with van der Waals surface area (Å²) < 4.78 is 2.41. The zero-order chi connectivity index (χ0) is 8.10. The first kappa shape index (κ1) is 8.57. The first-order chi connectivity index (χ1) is 5.33. The molecule has 1 heterocycles. The second-order valence-electron chi connectivity index (χ2n) is 3.34. The molecule has 0 unspecified atom stereocenters. The minimum absolute atomic E-state index is 1.20. The summed E-state index contributed by atoms with van der Waals surface area (Å²) in [7, 11) is 2.14. The van der Waals surface area contributed by atoms with Crippen LogP contribution in [-0.2, 0) is 0 Å². The van der Waals surface area contributed by atoms with Crippen molar-refractivity contribution in [3.63, 3.8) is 0 Å². The van der Waals surface area contributed by atoms with Crippen LogP contribution in [0.15, 0.2) is 0 Å². The average Bonchev–Trinajstić information content (AvgIpc) is 2.37. The number of unbranched alkanes of at least 4 members (excludes halogenated alkanes) is 2. The molecule has 64 valence electrons. The highest BCUT2D eigenvalue weighted by Gasteiger charge is 2.12. The SMILES string of the molecule is CCCCC[N+]1=CN(C)CC1. The van der Waals surface area contributed by atoms with Gasteiger partial charge in [0, 0.05) is 0 Å². The zero-order valence-corrected chi connectivity index (χ0v) is 7.71. The maximum atomic E-state index is 2.41. The van der Waals surface area contributed by atoms with E-state index < -0.39 is 0 Å². The number of rotatable bonds is 4. The molecule has 0 N–H and O–H groups in total. The first-order valence-electron chi connectivity index (χ1n) is 4.62. The monoisotopic (exact) mass is 155 g/mol. The maximum Gasteiger partial charge on any atom is 0.234 e. The summed E-state index contributed by atoms with van der Waals surface area (Å²) >= 11 is 0. The van der Waals surface area contributed by atoms with E-state index in [4.69, 9.17) is 0 Å². The highest BCUT2D eigenvalue weighted by Crippen LogP contribution is 1.96. The summed E-state index contributed by atoms with van der Waals surface area (Å²) in [6, 6.07) is 0. The van der Waals surface area contributed by atoms with E-state index in [2.05, 4.69) is 29.8 Å². The molecule has 0 fully saturated rings. The van der Waals surface area contributed by atoms with Gasteiger partial charge in [0.05, 0.1) is 13.6 Å². The Labute approximate surface area is 69.5 Å². The Kier molecular flexibility index (Phi) is 3.40. The van der Waals surface area contributed by atoms with Crippen molar-refractivity contribution in [2.24, 2.45) is 0 Å². The molecule has 0 radical (unpaired) electrons. The van der Waals surface area contributed by atoms with Gasteiger partial charge in [0.1, 0.15) is 13.1 Å². The van der Waals surface area contributed by atoms with Crippen molar-refractivity contribution in [3.05, 3.63) is 0 Å². The van der Waals surface area contributed by atoms with Gasteiger partial charge in [-0.1, -0.05) is 13.3 Å². The fourth-order valence-corrected chi connectivity index (χ4v) is 1.41. The minimum Gasteiger partial charge on any atom is -0.267 e. The van der Waals surface area contributed by atoms with Gasteiger partial charge < -0.3 is 0 Å². The lowest BCUT2D eigenvalue weighted by Crippen LogP contribution is -2.11. The molecular weight excluding hydrogens is 136 g/mol. The number of likely N-dealkylation sites (N-methyl/N-ethyl adjacent to an activating group) is 1. The van der Waals surface area contributed by atoms with Crippen molar-refractivity contribution in [3.8, 4) is 0 Å². The maximum absolute atomic E-state index is 2.41. The fraction of sp³-hybridized carbons (Fsp3) is 0.889. The largest absolute Gasteiger partial charge is 0.267 e. The van der Waals surface area contributed by atoms with Crippen molar-refractivity contribution in [1.82, 2.24) is 4.90 Å². The summed E-state index contributed by atoms with van der Waals surface area (Å²) in [6.45, 7) is 5.92. The van der Waals surface area contributed by atoms with Crippen molar-refractivity contribution in [2.75, 3.05) is 26.7 Å². The van der Waals surface area contributed by atoms with Gasteiger partial charge in [0.2, 0.25) is 6.34 Å². The molecule has 0 aromatic heterocycles. The summed E-state index contributed by atoms with van der Waals surface area (Å²) in [5.74, 6) is 0. The van der Waals surface area contributed by atoms with Crippen molar-refractivity contribution >= 4 is 6.34 Å². The number of hydrogen-bond acceptors (Lipinski definition) is 1. The predicted molar refractivity (Wildman–Crippen MR) is 48.2 cm³/mol. The molecule has 2 heteroatoms. The third kappa shape index (κ3) is 2.91. The van der Waals surface area contributed by atoms with Crippen molar-refractivity contribution < 1.29 is 4.58 Å². The molecule has 0 saturated carbocycles. The van der Waals surface area contributed by atoms with Crippen molar-refractivity contribution in [2.45, 2.75) is 26.2 Å². The highest BCUT2D eigenvalue weighted by atomic mass is 15.2. The van der Waals surface area contributed by atoms with Gasteiger partial charge in [-0.15, -0.1) is 0 Å². The number of hydrogen-bond donors (Lipinski definition) is 0. The first-order valence-corrected chi connectivity index (χ1v) is 4.62. The van der Waals surface area contributed by atoms with E-state index in [1.165, 1.54) is 38.9 Å². The van der Waals surface area contributed by atoms with Crippen molar-refractivity contribution in [1.29, 1.82) is 0 Å². The Balaban J connectivity index is 2.12. The normalized spacial score (nSPS) is 17.3. The van der Waals surface area contributed by atoms with E-state index >= 15 is 0 Å². The smallest absolute Gasteiger partial charge is 0.234 e. The van der Waals surface area contributed by atoms with Crippen LogP contribution in [0.1, 0.15) is 26.2 Å². The zero-order valence-electron chi connectivity index (χ0n) is 7.71. The van der Waals surface area contributed by atoms with Gasteiger partial charge in [0.25, 0.3) is 0 Å². The standard InChI is InChI=1S/C9H19N2/c1-3-4-5-6-11-8-7-10(2)9-11/h9H,3-8H2,1-2H3/q+1. The molecule has 0 atom stereocenters.